The molecule has 0 aromatic heterocycles. The highest BCUT2D eigenvalue weighted by Gasteiger charge is 2.08. The average Bonchev–Trinajstić information content (AvgIpc) is 2.49. The predicted molar refractivity (Wildman–Crippen MR) is 78.0 cm³/mol. The zero-order valence-electron chi connectivity index (χ0n) is 11.0. The lowest BCUT2D eigenvalue weighted by Crippen LogP contribution is -2.07. The molecule has 0 saturated carbocycles. The molecule has 0 saturated heterocycles. The van der Waals surface area contributed by atoms with Crippen LogP contribution in [0.3, 0.4) is 0 Å². The van der Waals surface area contributed by atoms with Gasteiger partial charge < -0.3 is 9.47 Å². The van der Waals surface area contributed by atoms with Crippen molar-refractivity contribution in [1.29, 1.82) is 0 Å². The predicted octanol–water partition coefficient (Wildman–Crippen LogP) is 4.41. The summed E-state index contributed by atoms with van der Waals surface area (Å²) in [6, 6.07) is 14.3. The van der Waals surface area contributed by atoms with Crippen LogP contribution in [0.1, 0.15) is 12.0 Å². The van der Waals surface area contributed by atoms with Gasteiger partial charge in [-0.3, -0.25) is 0 Å². The van der Waals surface area contributed by atoms with Gasteiger partial charge in [0.05, 0.1) is 19.1 Å². The van der Waals surface area contributed by atoms with Crippen molar-refractivity contribution in [1.82, 2.24) is 0 Å². The van der Waals surface area contributed by atoms with Crippen molar-refractivity contribution in [3.8, 4) is 11.5 Å². The molecule has 0 fully saturated rings. The van der Waals surface area contributed by atoms with Crippen LogP contribution in [0, 0.1) is 5.82 Å². The topological polar surface area (TPSA) is 18.5 Å². The third kappa shape index (κ3) is 4.14. The van der Waals surface area contributed by atoms with Gasteiger partial charge in [-0.05, 0) is 18.2 Å². The van der Waals surface area contributed by atoms with Gasteiger partial charge in [-0.1, -0.05) is 30.3 Å². The first-order valence-corrected chi connectivity index (χ1v) is 6.98. The molecule has 0 unspecified atom stereocenters. The van der Waals surface area contributed by atoms with E-state index < -0.39 is 0 Å². The Morgan fingerprint density at radius 2 is 1.65 bits per heavy atom. The minimum absolute atomic E-state index is 0.230. The second-order valence-corrected chi connectivity index (χ2v) is 4.49. The molecule has 0 heterocycles. The van der Waals surface area contributed by atoms with E-state index in [9.17, 15) is 4.39 Å². The van der Waals surface area contributed by atoms with Crippen molar-refractivity contribution in [2.45, 2.75) is 12.3 Å². The fourth-order valence-electron chi connectivity index (χ4n) is 1.76. The second kappa shape index (κ2) is 7.75. The van der Waals surface area contributed by atoms with E-state index in [0.717, 1.165) is 5.75 Å². The monoisotopic (exact) mass is 294 g/mol. The molecule has 106 valence electrons. The van der Waals surface area contributed by atoms with E-state index in [0.29, 0.717) is 25.2 Å². The number of hydrogen-bond donors (Lipinski definition) is 0. The van der Waals surface area contributed by atoms with Crippen LogP contribution >= 0.6 is 11.6 Å². The van der Waals surface area contributed by atoms with Crippen LogP contribution < -0.4 is 9.47 Å². The summed E-state index contributed by atoms with van der Waals surface area (Å²) in [7, 11) is 0. The average molecular weight is 295 g/mol. The number of ether oxygens (including phenoxy) is 2. The van der Waals surface area contributed by atoms with E-state index in [2.05, 4.69) is 0 Å². The molecule has 0 aliphatic rings. The Morgan fingerprint density at radius 3 is 2.40 bits per heavy atom. The van der Waals surface area contributed by atoms with E-state index in [1.807, 2.05) is 30.3 Å². The first kappa shape index (κ1) is 14.7. The lowest BCUT2D eigenvalue weighted by atomic mass is 10.2. The molecule has 0 aliphatic carbocycles. The van der Waals surface area contributed by atoms with Gasteiger partial charge >= 0.3 is 0 Å². The Hall–Kier alpha value is -1.74. The minimum atomic E-state index is -0.382. The molecule has 2 aromatic carbocycles. The molecule has 0 amide bonds. The Balaban J connectivity index is 1.76. The third-order valence-corrected chi connectivity index (χ3v) is 3.03. The lowest BCUT2D eigenvalue weighted by Gasteiger charge is -2.11. The fraction of sp³-hybridized carbons (Fsp3) is 0.250. The zero-order valence-corrected chi connectivity index (χ0v) is 11.8. The molecule has 0 radical (unpaired) electrons. The zero-order chi connectivity index (χ0) is 14.2. The van der Waals surface area contributed by atoms with Crippen molar-refractivity contribution >= 4 is 11.6 Å². The van der Waals surface area contributed by atoms with Crippen molar-refractivity contribution < 1.29 is 13.9 Å². The smallest absolute Gasteiger partial charge is 0.165 e. The van der Waals surface area contributed by atoms with Gasteiger partial charge in [0.25, 0.3) is 0 Å². The molecule has 0 aliphatic heterocycles. The Kier molecular flexibility index (Phi) is 5.69. The largest absolute Gasteiger partial charge is 0.493 e. The molecule has 0 spiro atoms. The Labute approximate surface area is 123 Å². The molecular weight excluding hydrogens is 279 g/mol. The SMILES string of the molecule is Fc1cccc(CCl)c1OCCCOc1ccccc1. The van der Waals surface area contributed by atoms with Crippen LogP contribution in [0.4, 0.5) is 4.39 Å². The van der Waals surface area contributed by atoms with Gasteiger partial charge in [-0.25, -0.2) is 4.39 Å². The van der Waals surface area contributed by atoms with E-state index in [1.165, 1.54) is 6.07 Å². The number of hydrogen-bond acceptors (Lipinski definition) is 2. The van der Waals surface area contributed by atoms with Gasteiger partial charge in [0.15, 0.2) is 11.6 Å². The molecule has 4 heteroatoms. The third-order valence-electron chi connectivity index (χ3n) is 2.74. The van der Waals surface area contributed by atoms with Crippen LogP contribution in [-0.2, 0) is 5.88 Å². The first-order chi connectivity index (χ1) is 9.81. The molecule has 2 aromatic rings. The van der Waals surface area contributed by atoms with Crippen LogP contribution in [0.5, 0.6) is 11.5 Å². The van der Waals surface area contributed by atoms with Gasteiger partial charge in [-0.15, -0.1) is 11.6 Å². The standard InChI is InChI=1S/C16H16ClFO2/c17-12-13-6-4-9-15(18)16(13)20-11-5-10-19-14-7-2-1-3-8-14/h1-4,6-9H,5,10-12H2. The maximum absolute atomic E-state index is 13.6. The van der Waals surface area contributed by atoms with Crippen LogP contribution in [0.2, 0.25) is 0 Å². The van der Waals surface area contributed by atoms with Crippen LogP contribution in [0.15, 0.2) is 48.5 Å². The van der Waals surface area contributed by atoms with E-state index in [1.54, 1.807) is 12.1 Å². The first-order valence-electron chi connectivity index (χ1n) is 6.45. The summed E-state index contributed by atoms with van der Waals surface area (Å²) in [5.41, 5.74) is 0.663. The molecule has 2 rings (SSSR count). The van der Waals surface area contributed by atoms with Crippen LogP contribution in [0.25, 0.3) is 0 Å². The number of alkyl halides is 1. The number of benzene rings is 2. The van der Waals surface area contributed by atoms with E-state index in [4.69, 9.17) is 21.1 Å². The summed E-state index contributed by atoms with van der Waals surface area (Å²) in [5, 5.41) is 0. The summed E-state index contributed by atoms with van der Waals surface area (Å²) in [5.74, 6) is 0.905. The van der Waals surface area contributed by atoms with Crippen molar-refractivity contribution in [3.63, 3.8) is 0 Å². The minimum Gasteiger partial charge on any atom is -0.493 e. The summed E-state index contributed by atoms with van der Waals surface area (Å²) in [6.45, 7) is 0.909. The van der Waals surface area contributed by atoms with Gasteiger partial charge in [-0.2, -0.15) is 0 Å². The van der Waals surface area contributed by atoms with Gasteiger partial charge in [0.2, 0.25) is 0 Å². The highest BCUT2D eigenvalue weighted by Crippen LogP contribution is 2.24. The number of halogens is 2. The highest BCUT2D eigenvalue weighted by molar-refractivity contribution is 6.17. The molecule has 0 atom stereocenters. The number of para-hydroxylation sites is 2. The fourth-order valence-corrected chi connectivity index (χ4v) is 1.97. The maximum atomic E-state index is 13.6. The maximum Gasteiger partial charge on any atom is 0.165 e. The van der Waals surface area contributed by atoms with Crippen molar-refractivity contribution in [2.75, 3.05) is 13.2 Å². The molecule has 2 nitrogen and oxygen atoms in total. The molecule has 0 N–H and O–H groups in total. The van der Waals surface area contributed by atoms with E-state index >= 15 is 0 Å². The molecular formula is C16H16ClFO2. The second-order valence-electron chi connectivity index (χ2n) is 4.23. The Morgan fingerprint density at radius 1 is 0.900 bits per heavy atom. The summed E-state index contributed by atoms with van der Waals surface area (Å²) in [4.78, 5) is 0. The van der Waals surface area contributed by atoms with Crippen molar-refractivity contribution in [2.24, 2.45) is 0 Å². The normalized spacial score (nSPS) is 10.3. The highest BCUT2D eigenvalue weighted by atomic mass is 35.5. The lowest BCUT2D eigenvalue weighted by molar-refractivity contribution is 0.240. The van der Waals surface area contributed by atoms with Gasteiger partial charge in [0, 0.05) is 12.0 Å². The molecule has 20 heavy (non-hydrogen) atoms. The quantitative estimate of drug-likeness (QED) is 0.556. The molecule has 0 bridgehead atoms. The van der Waals surface area contributed by atoms with Crippen LogP contribution in [-0.4, -0.2) is 13.2 Å². The Bertz CT molecular complexity index is 531. The summed E-state index contributed by atoms with van der Waals surface area (Å²) < 4.78 is 24.6. The number of rotatable bonds is 7. The summed E-state index contributed by atoms with van der Waals surface area (Å²) in [6.07, 6.45) is 0.672. The van der Waals surface area contributed by atoms with E-state index in [-0.39, 0.29) is 17.4 Å². The van der Waals surface area contributed by atoms with Crippen molar-refractivity contribution in [3.05, 3.63) is 59.9 Å². The summed E-state index contributed by atoms with van der Waals surface area (Å²) >= 11 is 5.75. The van der Waals surface area contributed by atoms with Gasteiger partial charge in [0.1, 0.15) is 5.75 Å².